The molecule has 0 N–H and O–H groups in total. The van der Waals surface area contributed by atoms with Crippen molar-refractivity contribution < 1.29 is 13.9 Å². The zero-order chi connectivity index (χ0) is 15.2. The van der Waals surface area contributed by atoms with E-state index in [1.165, 1.54) is 30.6 Å². The SMILES string of the molecule is COCc1ccsc1C(=O)N1CC2(CCC2)C1c1ccco1. The lowest BCUT2D eigenvalue weighted by molar-refractivity contribution is -0.113. The van der Waals surface area contributed by atoms with E-state index in [-0.39, 0.29) is 17.4 Å². The summed E-state index contributed by atoms with van der Waals surface area (Å²) in [5, 5.41) is 1.96. The van der Waals surface area contributed by atoms with Gasteiger partial charge in [-0.3, -0.25) is 4.79 Å². The lowest BCUT2D eigenvalue weighted by Crippen LogP contribution is -2.63. The number of rotatable bonds is 4. The van der Waals surface area contributed by atoms with Gasteiger partial charge < -0.3 is 14.1 Å². The monoisotopic (exact) mass is 317 g/mol. The Morgan fingerprint density at radius 1 is 1.50 bits per heavy atom. The Balaban J connectivity index is 1.62. The largest absolute Gasteiger partial charge is 0.467 e. The van der Waals surface area contributed by atoms with Gasteiger partial charge in [0.1, 0.15) is 5.76 Å². The molecule has 1 unspecified atom stereocenters. The van der Waals surface area contributed by atoms with Crippen LogP contribution in [0.5, 0.6) is 0 Å². The maximum atomic E-state index is 13.0. The number of likely N-dealkylation sites (tertiary alicyclic amines) is 1. The Labute approximate surface area is 133 Å². The van der Waals surface area contributed by atoms with Crippen LogP contribution in [0.25, 0.3) is 0 Å². The van der Waals surface area contributed by atoms with Crippen molar-refractivity contribution in [3.8, 4) is 0 Å². The normalized spacial score (nSPS) is 22.4. The molecule has 116 valence electrons. The number of furan rings is 1. The topological polar surface area (TPSA) is 42.7 Å². The molecule has 2 aliphatic rings. The van der Waals surface area contributed by atoms with Crippen LogP contribution in [0.15, 0.2) is 34.3 Å². The van der Waals surface area contributed by atoms with E-state index in [1.54, 1.807) is 13.4 Å². The third-order valence-electron chi connectivity index (χ3n) is 5.04. The number of carbonyl (C=O) groups excluding carboxylic acids is 1. The highest BCUT2D eigenvalue weighted by Gasteiger charge is 2.59. The fourth-order valence-electron chi connectivity index (χ4n) is 3.81. The molecule has 0 aromatic carbocycles. The van der Waals surface area contributed by atoms with E-state index in [4.69, 9.17) is 9.15 Å². The van der Waals surface area contributed by atoms with E-state index >= 15 is 0 Å². The van der Waals surface area contributed by atoms with Crippen molar-refractivity contribution in [2.75, 3.05) is 13.7 Å². The molecule has 3 heterocycles. The molecule has 1 saturated carbocycles. The lowest BCUT2D eigenvalue weighted by atomic mass is 9.57. The molecule has 1 aliphatic heterocycles. The molecular weight excluding hydrogens is 298 g/mol. The Morgan fingerprint density at radius 3 is 3.00 bits per heavy atom. The minimum absolute atomic E-state index is 0.0984. The Morgan fingerprint density at radius 2 is 2.36 bits per heavy atom. The molecule has 2 aromatic heterocycles. The Kier molecular flexibility index (Phi) is 3.35. The van der Waals surface area contributed by atoms with Crippen molar-refractivity contribution in [1.82, 2.24) is 4.90 Å². The minimum atomic E-state index is 0.0984. The molecule has 4 rings (SSSR count). The summed E-state index contributed by atoms with van der Waals surface area (Å²) < 4.78 is 10.8. The first-order valence-corrected chi connectivity index (χ1v) is 8.53. The average Bonchev–Trinajstić information content (AvgIpc) is 3.07. The first kappa shape index (κ1) is 14.0. The van der Waals surface area contributed by atoms with Crippen LogP contribution in [0.3, 0.4) is 0 Å². The highest BCUT2D eigenvalue weighted by atomic mass is 32.1. The fourth-order valence-corrected chi connectivity index (χ4v) is 4.68. The number of methoxy groups -OCH3 is 1. The molecule has 2 fully saturated rings. The summed E-state index contributed by atoms with van der Waals surface area (Å²) in [6.07, 6.45) is 5.34. The molecule has 22 heavy (non-hydrogen) atoms. The number of thiophene rings is 1. The highest BCUT2D eigenvalue weighted by Crippen LogP contribution is 2.60. The molecule has 0 radical (unpaired) electrons. The maximum absolute atomic E-state index is 13.0. The van der Waals surface area contributed by atoms with Crippen molar-refractivity contribution in [3.05, 3.63) is 46.0 Å². The number of hydrogen-bond acceptors (Lipinski definition) is 4. The smallest absolute Gasteiger partial charge is 0.264 e. The summed E-state index contributed by atoms with van der Waals surface area (Å²) in [4.78, 5) is 15.7. The van der Waals surface area contributed by atoms with E-state index in [0.29, 0.717) is 6.61 Å². The van der Waals surface area contributed by atoms with E-state index in [0.717, 1.165) is 22.7 Å². The summed E-state index contributed by atoms with van der Waals surface area (Å²) in [6, 6.07) is 5.97. The van der Waals surface area contributed by atoms with E-state index in [9.17, 15) is 4.79 Å². The van der Waals surface area contributed by atoms with Gasteiger partial charge in [0.05, 0.1) is 23.8 Å². The van der Waals surface area contributed by atoms with Gasteiger partial charge in [0.2, 0.25) is 0 Å². The Bertz CT molecular complexity index is 672. The van der Waals surface area contributed by atoms with Gasteiger partial charge in [-0.05, 0) is 36.4 Å². The third kappa shape index (κ3) is 1.96. The first-order chi connectivity index (χ1) is 10.7. The molecule has 1 amide bonds. The van der Waals surface area contributed by atoms with Crippen LogP contribution in [0.4, 0.5) is 0 Å². The van der Waals surface area contributed by atoms with Gasteiger partial charge in [-0.25, -0.2) is 0 Å². The quantitative estimate of drug-likeness (QED) is 0.860. The number of ether oxygens (including phenoxy) is 1. The molecular formula is C17H19NO3S. The highest BCUT2D eigenvalue weighted by molar-refractivity contribution is 7.12. The van der Waals surface area contributed by atoms with E-state index in [1.807, 2.05) is 28.5 Å². The van der Waals surface area contributed by atoms with Crippen LogP contribution in [0.1, 0.15) is 46.3 Å². The third-order valence-corrected chi connectivity index (χ3v) is 5.99. The van der Waals surface area contributed by atoms with Gasteiger partial charge in [0.15, 0.2) is 0 Å². The van der Waals surface area contributed by atoms with E-state index in [2.05, 4.69) is 0 Å². The lowest BCUT2D eigenvalue weighted by Gasteiger charge is -2.61. The maximum Gasteiger partial charge on any atom is 0.264 e. The number of nitrogens with zero attached hydrogens (tertiary/aromatic N) is 1. The number of carbonyl (C=O) groups is 1. The van der Waals surface area contributed by atoms with Crippen LogP contribution >= 0.6 is 11.3 Å². The molecule has 1 atom stereocenters. The number of amides is 1. The second-order valence-electron chi connectivity index (χ2n) is 6.27. The van der Waals surface area contributed by atoms with Crippen molar-refractivity contribution in [2.45, 2.75) is 31.9 Å². The molecule has 0 bridgehead atoms. The van der Waals surface area contributed by atoms with Crippen LogP contribution in [-0.2, 0) is 11.3 Å². The van der Waals surface area contributed by atoms with Crippen molar-refractivity contribution in [2.24, 2.45) is 5.41 Å². The summed E-state index contributed by atoms with van der Waals surface area (Å²) in [7, 11) is 1.66. The predicted molar refractivity (Wildman–Crippen MR) is 83.8 cm³/mol. The second kappa shape index (κ2) is 5.25. The van der Waals surface area contributed by atoms with Crippen molar-refractivity contribution in [3.63, 3.8) is 0 Å². The zero-order valence-electron chi connectivity index (χ0n) is 12.6. The summed E-state index contributed by atoms with van der Waals surface area (Å²) in [5.74, 6) is 1.03. The molecule has 5 heteroatoms. The summed E-state index contributed by atoms with van der Waals surface area (Å²) in [5.41, 5.74) is 1.23. The first-order valence-electron chi connectivity index (χ1n) is 7.65. The second-order valence-corrected chi connectivity index (χ2v) is 7.19. The number of hydrogen-bond donors (Lipinski definition) is 0. The van der Waals surface area contributed by atoms with Gasteiger partial charge >= 0.3 is 0 Å². The van der Waals surface area contributed by atoms with E-state index < -0.39 is 0 Å². The fraction of sp³-hybridized carbons (Fsp3) is 0.471. The van der Waals surface area contributed by atoms with Crippen LogP contribution < -0.4 is 0 Å². The average molecular weight is 317 g/mol. The zero-order valence-corrected chi connectivity index (χ0v) is 13.4. The summed E-state index contributed by atoms with van der Waals surface area (Å²) in [6.45, 7) is 1.33. The molecule has 1 spiro atoms. The minimum Gasteiger partial charge on any atom is -0.467 e. The van der Waals surface area contributed by atoms with Gasteiger partial charge in [0.25, 0.3) is 5.91 Å². The van der Waals surface area contributed by atoms with Gasteiger partial charge in [-0.2, -0.15) is 0 Å². The standard InChI is InChI=1S/C17H19NO3S/c1-20-10-12-5-9-22-14(12)16(19)18-11-17(6-3-7-17)15(18)13-4-2-8-21-13/h2,4-5,8-9,15H,3,6-7,10-11H2,1H3. The van der Waals surface area contributed by atoms with Crippen molar-refractivity contribution in [1.29, 1.82) is 0 Å². The van der Waals surface area contributed by atoms with Crippen LogP contribution in [-0.4, -0.2) is 24.5 Å². The van der Waals surface area contributed by atoms with Crippen LogP contribution in [0.2, 0.25) is 0 Å². The Hall–Kier alpha value is -1.59. The van der Waals surface area contributed by atoms with Gasteiger partial charge in [-0.15, -0.1) is 11.3 Å². The molecule has 1 aliphatic carbocycles. The van der Waals surface area contributed by atoms with Gasteiger partial charge in [-0.1, -0.05) is 6.42 Å². The predicted octanol–water partition coefficient (Wildman–Crippen LogP) is 3.85. The summed E-state index contributed by atoms with van der Waals surface area (Å²) >= 11 is 1.50. The molecule has 1 saturated heterocycles. The van der Waals surface area contributed by atoms with Gasteiger partial charge in [0, 0.05) is 24.6 Å². The molecule has 4 nitrogen and oxygen atoms in total. The van der Waals surface area contributed by atoms with Crippen molar-refractivity contribution >= 4 is 17.2 Å². The molecule has 2 aromatic rings. The van der Waals surface area contributed by atoms with Crippen LogP contribution in [0, 0.1) is 5.41 Å².